The van der Waals surface area contributed by atoms with E-state index >= 15 is 0 Å². The van der Waals surface area contributed by atoms with Crippen molar-refractivity contribution in [2.75, 3.05) is 11.9 Å². The van der Waals surface area contributed by atoms with E-state index in [4.69, 9.17) is 16.3 Å². The van der Waals surface area contributed by atoms with Gasteiger partial charge in [-0.3, -0.25) is 0 Å². The van der Waals surface area contributed by atoms with E-state index < -0.39 is 5.82 Å². The summed E-state index contributed by atoms with van der Waals surface area (Å²) in [5.41, 5.74) is 0. The van der Waals surface area contributed by atoms with Crippen LogP contribution in [0.3, 0.4) is 0 Å². The molecule has 0 aliphatic carbocycles. The van der Waals surface area contributed by atoms with Crippen LogP contribution in [0.4, 0.5) is 4.39 Å². The van der Waals surface area contributed by atoms with E-state index in [0.29, 0.717) is 22.7 Å². The normalized spacial score (nSPS) is 12.6. The third-order valence-electron chi connectivity index (χ3n) is 2.24. The molecule has 0 bridgehead atoms. The van der Waals surface area contributed by atoms with E-state index in [1.807, 2.05) is 0 Å². The van der Waals surface area contributed by atoms with Crippen molar-refractivity contribution in [3.8, 4) is 5.75 Å². The van der Waals surface area contributed by atoms with Gasteiger partial charge in [0.2, 0.25) is 0 Å². The van der Waals surface area contributed by atoms with Gasteiger partial charge in [0.1, 0.15) is 11.6 Å². The lowest BCUT2D eigenvalue weighted by atomic mass is 10.1. The standard InChI is InChI=1S/C11H12Br2ClFO/c1-2-7(5-12)6-16-11-4-10(15)9(14)3-8(11)13/h3-4,7H,2,5-6H2,1H3. The largest absolute Gasteiger partial charge is 0.492 e. The van der Waals surface area contributed by atoms with E-state index in [1.54, 1.807) is 0 Å². The minimum absolute atomic E-state index is 0.0896. The highest BCUT2D eigenvalue weighted by atomic mass is 79.9. The molecule has 1 nitrogen and oxygen atoms in total. The minimum atomic E-state index is -0.466. The fourth-order valence-electron chi connectivity index (χ4n) is 1.09. The van der Waals surface area contributed by atoms with E-state index in [-0.39, 0.29) is 5.02 Å². The summed E-state index contributed by atoms with van der Waals surface area (Å²) in [6.45, 7) is 2.65. The van der Waals surface area contributed by atoms with Crippen LogP contribution in [0.1, 0.15) is 13.3 Å². The number of alkyl halides is 1. The van der Waals surface area contributed by atoms with Gasteiger partial charge in [0, 0.05) is 17.3 Å². The summed E-state index contributed by atoms with van der Waals surface area (Å²) in [4.78, 5) is 0. The molecule has 0 saturated carbocycles. The second-order valence-electron chi connectivity index (χ2n) is 3.44. The summed E-state index contributed by atoms with van der Waals surface area (Å²) < 4.78 is 19.4. The van der Waals surface area contributed by atoms with Crippen molar-refractivity contribution in [1.82, 2.24) is 0 Å². The number of halogens is 4. The average Bonchev–Trinajstić information content (AvgIpc) is 2.26. The van der Waals surface area contributed by atoms with Gasteiger partial charge >= 0.3 is 0 Å². The highest BCUT2D eigenvalue weighted by molar-refractivity contribution is 9.10. The highest BCUT2D eigenvalue weighted by Gasteiger charge is 2.10. The molecular weight excluding hydrogens is 362 g/mol. The molecule has 5 heteroatoms. The topological polar surface area (TPSA) is 9.23 Å². The molecule has 0 aliphatic heterocycles. The van der Waals surface area contributed by atoms with Crippen LogP contribution in [0, 0.1) is 11.7 Å². The first-order valence-corrected chi connectivity index (χ1v) is 7.21. The number of rotatable bonds is 5. The van der Waals surface area contributed by atoms with Crippen molar-refractivity contribution in [2.24, 2.45) is 5.92 Å². The molecule has 0 spiro atoms. The molecule has 0 aromatic heterocycles. The molecule has 1 aromatic carbocycles. The van der Waals surface area contributed by atoms with Crippen LogP contribution in [0.5, 0.6) is 5.75 Å². The van der Waals surface area contributed by atoms with E-state index in [1.165, 1.54) is 12.1 Å². The summed E-state index contributed by atoms with van der Waals surface area (Å²) >= 11 is 12.3. The predicted octanol–water partition coefficient (Wildman–Crippen LogP) is 5.04. The van der Waals surface area contributed by atoms with Crippen LogP contribution in [0.15, 0.2) is 16.6 Å². The first-order chi connectivity index (χ1) is 7.58. The summed E-state index contributed by atoms with van der Waals surface area (Å²) in [6.07, 6.45) is 1.01. The molecule has 0 saturated heterocycles. The van der Waals surface area contributed by atoms with Gasteiger partial charge < -0.3 is 4.74 Å². The lowest BCUT2D eigenvalue weighted by Gasteiger charge is -2.14. The Morgan fingerprint density at radius 3 is 2.75 bits per heavy atom. The molecule has 1 aromatic rings. The Bertz CT molecular complexity index is 356. The Labute approximate surface area is 117 Å². The maximum absolute atomic E-state index is 13.2. The van der Waals surface area contributed by atoms with E-state index in [0.717, 1.165) is 11.8 Å². The Kier molecular flexibility index (Phi) is 6.08. The van der Waals surface area contributed by atoms with E-state index in [2.05, 4.69) is 38.8 Å². The van der Waals surface area contributed by atoms with Crippen molar-refractivity contribution in [1.29, 1.82) is 0 Å². The zero-order chi connectivity index (χ0) is 12.1. The molecule has 90 valence electrons. The predicted molar refractivity (Wildman–Crippen MR) is 72.2 cm³/mol. The van der Waals surface area contributed by atoms with Crippen LogP contribution in [-0.4, -0.2) is 11.9 Å². The highest BCUT2D eigenvalue weighted by Crippen LogP contribution is 2.31. The van der Waals surface area contributed by atoms with Gasteiger partial charge in [-0.15, -0.1) is 0 Å². The second kappa shape index (κ2) is 6.82. The van der Waals surface area contributed by atoms with Gasteiger partial charge in [-0.1, -0.05) is 34.5 Å². The number of benzene rings is 1. The lowest BCUT2D eigenvalue weighted by molar-refractivity contribution is 0.257. The summed E-state index contributed by atoms with van der Waals surface area (Å²) in [7, 11) is 0. The van der Waals surface area contributed by atoms with E-state index in [9.17, 15) is 4.39 Å². The molecule has 1 atom stereocenters. The fourth-order valence-corrected chi connectivity index (χ4v) is 2.49. The molecule has 0 radical (unpaired) electrons. The van der Waals surface area contributed by atoms with Crippen LogP contribution >= 0.6 is 43.5 Å². The fraction of sp³-hybridized carbons (Fsp3) is 0.455. The molecule has 0 heterocycles. The Hall–Kier alpha value is 0.200. The Morgan fingerprint density at radius 1 is 1.50 bits per heavy atom. The lowest BCUT2D eigenvalue weighted by Crippen LogP contribution is -2.12. The third-order valence-corrected chi connectivity index (χ3v) is 4.07. The van der Waals surface area contributed by atoms with Gasteiger partial charge in [-0.25, -0.2) is 4.39 Å². The van der Waals surface area contributed by atoms with Crippen molar-refractivity contribution >= 4 is 43.5 Å². The van der Waals surface area contributed by atoms with Gasteiger partial charge in [0.05, 0.1) is 16.1 Å². The average molecular weight is 374 g/mol. The Morgan fingerprint density at radius 2 is 2.19 bits per heavy atom. The SMILES string of the molecule is CCC(CBr)COc1cc(F)c(Cl)cc1Br. The molecule has 16 heavy (non-hydrogen) atoms. The third kappa shape index (κ3) is 3.90. The second-order valence-corrected chi connectivity index (χ2v) is 5.35. The van der Waals surface area contributed by atoms with Crippen molar-refractivity contribution < 1.29 is 9.13 Å². The van der Waals surface area contributed by atoms with Crippen LogP contribution in [0.25, 0.3) is 0 Å². The first kappa shape index (κ1) is 14.3. The minimum Gasteiger partial charge on any atom is -0.492 e. The maximum atomic E-state index is 13.2. The Balaban J connectivity index is 2.70. The van der Waals surface area contributed by atoms with Gasteiger partial charge in [-0.05, 0) is 28.4 Å². The van der Waals surface area contributed by atoms with Crippen molar-refractivity contribution in [3.63, 3.8) is 0 Å². The van der Waals surface area contributed by atoms with Crippen LogP contribution < -0.4 is 4.74 Å². The summed E-state index contributed by atoms with van der Waals surface area (Å²) in [5.74, 6) is 0.443. The molecule has 0 N–H and O–H groups in total. The molecule has 0 aliphatic rings. The quantitative estimate of drug-likeness (QED) is 0.518. The first-order valence-electron chi connectivity index (χ1n) is 4.91. The number of hydrogen-bond donors (Lipinski definition) is 0. The number of hydrogen-bond acceptors (Lipinski definition) is 1. The zero-order valence-corrected chi connectivity index (χ0v) is 12.7. The van der Waals surface area contributed by atoms with Crippen LogP contribution in [0.2, 0.25) is 5.02 Å². The number of ether oxygens (including phenoxy) is 1. The summed E-state index contributed by atoms with van der Waals surface area (Å²) in [6, 6.07) is 2.80. The smallest absolute Gasteiger partial charge is 0.145 e. The monoisotopic (exact) mass is 372 g/mol. The molecule has 0 fully saturated rings. The molecule has 1 unspecified atom stereocenters. The maximum Gasteiger partial charge on any atom is 0.145 e. The molecule has 1 rings (SSSR count). The van der Waals surface area contributed by atoms with Crippen molar-refractivity contribution in [3.05, 3.63) is 27.4 Å². The van der Waals surface area contributed by atoms with Crippen molar-refractivity contribution in [2.45, 2.75) is 13.3 Å². The molecule has 0 amide bonds. The van der Waals surface area contributed by atoms with Gasteiger partial charge in [0.25, 0.3) is 0 Å². The summed E-state index contributed by atoms with van der Waals surface area (Å²) in [5, 5.41) is 0.962. The van der Waals surface area contributed by atoms with Gasteiger partial charge in [0.15, 0.2) is 0 Å². The molecular formula is C11H12Br2ClFO. The van der Waals surface area contributed by atoms with Gasteiger partial charge in [-0.2, -0.15) is 0 Å². The van der Waals surface area contributed by atoms with Crippen LogP contribution in [-0.2, 0) is 0 Å². The zero-order valence-electron chi connectivity index (χ0n) is 8.77.